The van der Waals surface area contributed by atoms with E-state index in [2.05, 4.69) is 215 Å². The molecule has 96 heavy (non-hydrogen) atoms. The van der Waals surface area contributed by atoms with Gasteiger partial charge in [-0.3, -0.25) is 0 Å². The highest BCUT2D eigenvalue weighted by atomic mass is 16.5. The van der Waals surface area contributed by atoms with Gasteiger partial charge < -0.3 is 52.5 Å². The van der Waals surface area contributed by atoms with Gasteiger partial charge in [0.05, 0.1) is 35.0 Å². The Labute approximate surface area is 577 Å². The number of ether oxygens (including phenoxy) is 10. The van der Waals surface area contributed by atoms with E-state index in [1.807, 2.05) is 54.6 Å². The van der Waals surface area contributed by atoms with E-state index in [-0.39, 0.29) is 63.1 Å². The highest BCUT2D eigenvalue weighted by molar-refractivity contribution is 5.55. The van der Waals surface area contributed by atoms with Crippen LogP contribution in [-0.4, -0.2) is 33.5 Å². The SMILES string of the molecule is COc1c(C(C)(C)C)cc(COc2cc(COc3cc(CO)cc(OCc4cc(OCc5cc(C(C)(C)C)c(OC)c(C(C)(C)C)c5)cc(OCc5cc(C(C)(C)C)c(OC)c(C(C)(C)C)c5)c4)c3)cc(OCc3cc(C(C)(C)C)c(OC)c(C(C)(C)C)c3)c2)cc1C(C)(C)C. The van der Waals surface area contributed by atoms with Crippen molar-refractivity contribution in [3.05, 3.63) is 187 Å². The number of hydrogen-bond acceptors (Lipinski definition) is 11. The van der Waals surface area contributed by atoms with E-state index in [1.165, 1.54) is 0 Å². The van der Waals surface area contributed by atoms with E-state index >= 15 is 0 Å². The molecular formula is C85H116O11. The first-order chi connectivity index (χ1) is 44.3. The minimum Gasteiger partial charge on any atom is -0.496 e. The number of methoxy groups -OCH3 is 4. The summed E-state index contributed by atoms with van der Waals surface area (Å²) in [7, 11) is 7.02. The molecule has 0 aliphatic carbocycles. The van der Waals surface area contributed by atoms with Crippen LogP contribution in [0.25, 0.3) is 0 Å². The van der Waals surface area contributed by atoms with Crippen LogP contribution in [0.4, 0.5) is 0 Å². The fourth-order valence-corrected chi connectivity index (χ4v) is 12.1. The number of hydrogen-bond donors (Lipinski definition) is 1. The average molecular weight is 1310 g/mol. The van der Waals surface area contributed by atoms with Crippen molar-refractivity contribution in [2.24, 2.45) is 0 Å². The van der Waals surface area contributed by atoms with Crippen molar-refractivity contribution in [3.63, 3.8) is 0 Å². The van der Waals surface area contributed by atoms with E-state index in [4.69, 9.17) is 47.4 Å². The van der Waals surface area contributed by atoms with Crippen LogP contribution in [0.3, 0.4) is 0 Å². The molecule has 7 aromatic carbocycles. The molecule has 0 bridgehead atoms. The Morgan fingerprint density at radius 2 is 0.344 bits per heavy atom. The quantitative estimate of drug-likeness (QED) is 0.0661. The Hall–Kier alpha value is -7.50. The molecule has 0 heterocycles. The fourth-order valence-electron chi connectivity index (χ4n) is 12.1. The summed E-state index contributed by atoms with van der Waals surface area (Å²) >= 11 is 0. The van der Waals surface area contributed by atoms with Crippen LogP contribution in [0.1, 0.15) is 250 Å². The summed E-state index contributed by atoms with van der Waals surface area (Å²) in [5.74, 6) is 7.17. The molecule has 522 valence electrons. The van der Waals surface area contributed by atoms with Crippen LogP contribution in [0.5, 0.6) is 57.5 Å². The van der Waals surface area contributed by atoms with E-state index in [9.17, 15) is 5.11 Å². The van der Waals surface area contributed by atoms with Gasteiger partial charge in [0.25, 0.3) is 0 Å². The molecule has 0 saturated carbocycles. The molecular weight excluding hydrogens is 1200 g/mol. The normalized spacial score (nSPS) is 12.7. The van der Waals surface area contributed by atoms with E-state index < -0.39 is 0 Å². The minimum absolute atomic E-state index is 0.156. The van der Waals surface area contributed by atoms with Gasteiger partial charge >= 0.3 is 0 Å². The van der Waals surface area contributed by atoms with Crippen LogP contribution >= 0.6 is 0 Å². The Bertz CT molecular complexity index is 3230. The molecule has 11 nitrogen and oxygen atoms in total. The van der Waals surface area contributed by atoms with Crippen LogP contribution in [0.2, 0.25) is 0 Å². The Balaban J connectivity index is 1.23. The first kappa shape index (κ1) is 75.9. The zero-order valence-electron chi connectivity index (χ0n) is 63.8. The van der Waals surface area contributed by atoms with Gasteiger partial charge in [0, 0.05) is 62.7 Å². The Morgan fingerprint density at radius 3 is 0.469 bits per heavy atom. The maximum atomic E-state index is 10.7. The maximum absolute atomic E-state index is 10.7. The molecule has 0 saturated heterocycles. The summed E-state index contributed by atoms with van der Waals surface area (Å²) in [6, 6.07) is 35.1. The summed E-state index contributed by atoms with van der Waals surface area (Å²) < 4.78 is 64.9. The summed E-state index contributed by atoms with van der Waals surface area (Å²) in [6.45, 7) is 54.4. The molecule has 1 N–H and O–H groups in total. The van der Waals surface area contributed by atoms with Gasteiger partial charge in [-0.25, -0.2) is 0 Å². The number of aliphatic hydroxyl groups is 1. The molecule has 0 unspecified atom stereocenters. The van der Waals surface area contributed by atoms with Gasteiger partial charge in [0.1, 0.15) is 97.1 Å². The van der Waals surface area contributed by atoms with Gasteiger partial charge in [-0.1, -0.05) is 166 Å². The summed E-state index contributed by atoms with van der Waals surface area (Å²) in [5, 5.41) is 10.7. The zero-order valence-corrected chi connectivity index (χ0v) is 63.8. The third-order valence-corrected chi connectivity index (χ3v) is 17.3. The second-order valence-corrected chi connectivity index (χ2v) is 34.2. The van der Waals surface area contributed by atoms with Gasteiger partial charge in [0.15, 0.2) is 0 Å². The molecule has 0 radical (unpaired) electrons. The molecule has 0 amide bonds. The third kappa shape index (κ3) is 19.4. The van der Waals surface area contributed by atoms with Gasteiger partial charge in [-0.05, 0) is 167 Å². The lowest BCUT2D eigenvalue weighted by Crippen LogP contribution is -2.20. The van der Waals surface area contributed by atoms with Crippen LogP contribution in [0.15, 0.2) is 103 Å². The largest absolute Gasteiger partial charge is 0.496 e. The lowest BCUT2D eigenvalue weighted by atomic mass is 9.78. The van der Waals surface area contributed by atoms with E-state index in [1.54, 1.807) is 28.4 Å². The fraction of sp³-hybridized carbons (Fsp3) is 0.506. The lowest BCUT2D eigenvalue weighted by Gasteiger charge is -2.30. The molecule has 0 aromatic heterocycles. The van der Waals surface area contributed by atoms with E-state index in [0.717, 1.165) is 101 Å². The smallest absolute Gasteiger partial charge is 0.126 e. The molecule has 0 atom stereocenters. The third-order valence-electron chi connectivity index (χ3n) is 17.3. The second-order valence-electron chi connectivity index (χ2n) is 34.2. The van der Waals surface area contributed by atoms with Crippen LogP contribution in [0, 0.1) is 0 Å². The molecule has 0 fully saturated rings. The van der Waals surface area contributed by atoms with Crippen molar-refractivity contribution in [1.29, 1.82) is 0 Å². The first-order valence-electron chi connectivity index (χ1n) is 34.0. The summed E-state index contributed by atoms with van der Waals surface area (Å²) in [6.07, 6.45) is 0. The highest BCUT2D eigenvalue weighted by Gasteiger charge is 2.32. The molecule has 0 aliphatic rings. The van der Waals surface area contributed by atoms with Crippen molar-refractivity contribution < 1.29 is 52.5 Å². The van der Waals surface area contributed by atoms with E-state index in [0.29, 0.717) is 66.5 Å². The Kier molecular flexibility index (Phi) is 23.2. The summed E-state index contributed by atoms with van der Waals surface area (Å²) in [5.41, 5.74) is 13.9. The van der Waals surface area contributed by atoms with Crippen molar-refractivity contribution >= 4 is 0 Å². The standard InChI is InChI=1S/C85H116O11/c1-78(2,3)66-35-56(36-67(74(66)87-25)79(4,5)6)49-93-62-31-54(32-63(44-62)94-50-57-37-68(80(7,8)9)75(88-26)69(38-57)81(10,11)12)47-91-60-29-53(46-86)30-61(43-60)92-48-55-33-64(95-51-58-39-70(82(13,14)15)76(89-27)71(40-58)83(16,17)18)45-65(34-55)96-52-59-41-72(84(19,20)21)77(90-28)73(42-59)85(22,23)24/h29-45,86H,46-52H2,1-28H3. The first-order valence-corrected chi connectivity index (χ1v) is 34.0. The van der Waals surface area contributed by atoms with Crippen molar-refractivity contribution in [3.8, 4) is 57.5 Å². The predicted octanol–water partition coefficient (Wildman–Crippen LogP) is 21.1. The molecule has 7 aromatic rings. The topological polar surface area (TPSA) is 113 Å². The van der Waals surface area contributed by atoms with Gasteiger partial charge in [-0.15, -0.1) is 0 Å². The van der Waals surface area contributed by atoms with Gasteiger partial charge in [-0.2, -0.15) is 0 Å². The monoisotopic (exact) mass is 1310 g/mol. The molecule has 7 rings (SSSR count). The van der Waals surface area contributed by atoms with Crippen molar-refractivity contribution in [2.75, 3.05) is 28.4 Å². The average Bonchev–Trinajstić information content (AvgIpc) is 0.798. The molecule has 0 spiro atoms. The Morgan fingerprint density at radius 1 is 0.208 bits per heavy atom. The molecule has 0 aliphatic heterocycles. The summed E-state index contributed by atoms with van der Waals surface area (Å²) in [4.78, 5) is 0. The highest BCUT2D eigenvalue weighted by Crippen LogP contribution is 2.46. The number of rotatable bonds is 23. The lowest BCUT2D eigenvalue weighted by molar-refractivity contribution is 0.267. The molecule has 11 heteroatoms. The van der Waals surface area contributed by atoms with Crippen LogP contribution in [-0.2, 0) is 89.6 Å². The second kappa shape index (κ2) is 29.3. The van der Waals surface area contributed by atoms with Crippen molar-refractivity contribution in [2.45, 2.75) is 256 Å². The van der Waals surface area contributed by atoms with Gasteiger partial charge in [0.2, 0.25) is 0 Å². The predicted molar refractivity (Wildman–Crippen MR) is 393 cm³/mol. The maximum Gasteiger partial charge on any atom is 0.126 e. The minimum atomic E-state index is -0.229. The zero-order chi connectivity index (χ0) is 71.5. The van der Waals surface area contributed by atoms with Crippen molar-refractivity contribution in [1.82, 2.24) is 0 Å². The number of aliphatic hydroxyl groups excluding tert-OH is 1. The number of benzene rings is 7. The van der Waals surface area contributed by atoms with Crippen LogP contribution < -0.4 is 47.4 Å².